The van der Waals surface area contributed by atoms with Gasteiger partial charge in [-0.05, 0) is 37.8 Å². The molecule has 106 valence electrons. The Bertz CT molecular complexity index is 452. The van der Waals surface area contributed by atoms with Crippen LogP contribution in [-0.2, 0) is 0 Å². The zero-order chi connectivity index (χ0) is 14.0. The van der Waals surface area contributed by atoms with Crippen molar-refractivity contribution in [3.63, 3.8) is 0 Å². The number of nitrogens with zero attached hydrogens (tertiary/aromatic N) is 5. The lowest BCUT2D eigenvalue weighted by Gasteiger charge is -2.23. The first-order valence-electron chi connectivity index (χ1n) is 6.44. The van der Waals surface area contributed by atoms with Crippen molar-refractivity contribution >= 4 is 23.5 Å². The quantitative estimate of drug-likeness (QED) is 0.884. The van der Waals surface area contributed by atoms with Crippen molar-refractivity contribution in [2.24, 2.45) is 0 Å². The summed E-state index contributed by atoms with van der Waals surface area (Å²) in [6.45, 7) is 3.42. The van der Waals surface area contributed by atoms with Crippen LogP contribution in [0.3, 0.4) is 0 Å². The molecule has 1 atom stereocenters. The Balaban J connectivity index is 2.21. The van der Waals surface area contributed by atoms with Crippen LogP contribution < -0.4 is 9.80 Å². The summed E-state index contributed by atoms with van der Waals surface area (Å²) in [6.07, 6.45) is 2.41. The molecule has 1 aromatic heterocycles. The van der Waals surface area contributed by atoms with Crippen LogP contribution in [0.1, 0.15) is 26.2 Å². The minimum Gasteiger partial charge on any atom is -0.390 e. The second-order valence-electron chi connectivity index (χ2n) is 5.44. The van der Waals surface area contributed by atoms with Crippen LogP contribution in [0.25, 0.3) is 0 Å². The van der Waals surface area contributed by atoms with Crippen molar-refractivity contribution in [3.8, 4) is 0 Å². The van der Waals surface area contributed by atoms with Gasteiger partial charge in [0.15, 0.2) is 0 Å². The van der Waals surface area contributed by atoms with Gasteiger partial charge in [0, 0.05) is 27.2 Å². The first-order valence-corrected chi connectivity index (χ1v) is 6.81. The molecule has 19 heavy (non-hydrogen) atoms. The highest BCUT2D eigenvalue weighted by atomic mass is 35.5. The Hall–Kier alpha value is -1.14. The maximum Gasteiger partial charge on any atom is 0.231 e. The van der Waals surface area contributed by atoms with Crippen LogP contribution in [0.5, 0.6) is 0 Å². The molecule has 0 aliphatic carbocycles. The third-order valence-electron chi connectivity index (χ3n) is 3.33. The number of aromatic nitrogens is 3. The van der Waals surface area contributed by atoms with E-state index in [9.17, 15) is 5.11 Å². The fourth-order valence-electron chi connectivity index (χ4n) is 2.13. The smallest absolute Gasteiger partial charge is 0.231 e. The Morgan fingerprint density at radius 1 is 1.21 bits per heavy atom. The van der Waals surface area contributed by atoms with Gasteiger partial charge in [0.1, 0.15) is 0 Å². The molecule has 0 bridgehead atoms. The van der Waals surface area contributed by atoms with E-state index < -0.39 is 5.60 Å². The van der Waals surface area contributed by atoms with Crippen LogP contribution in [0.4, 0.5) is 11.9 Å². The lowest BCUT2D eigenvalue weighted by Crippen LogP contribution is -2.30. The van der Waals surface area contributed by atoms with E-state index in [1.807, 2.05) is 21.0 Å². The fourth-order valence-corrected chi connectivity index (χ4v) is 2.29. The molecule has 7 heteroatoms. The standard InChI is InChI=1S/C12H20ClN5O/c1-12(19)5-4-7-18(8-6-12)11-15-9(13)14-10(16-11)17(2)3/h19H,4-8H2,1-3H3. The number of halogens is 1. The van der Waals surface area contributed by atoms with Crippen molar-refractivity contribution in [1.82, 2.24) is 15.0 Å². The summed E-state index contributed by atoms with van der Waals surface area (Å²) in [5.41, 5.74) is -0.601. The molecule has 6 nitrogen and oxygen atoms in total. The Morgan fingerprint density at radius 3 is 2.63 bits per heavy atom. The maximum absolute atomic E-state index is 10.1. The van der Waals surface area contributed by atoms with Gasteiger partial charge in [-0.15, -0.1) is 0 Å². The predicted molar refractivity (Wildman–Crippen MR) is 75.9 cm³/mol. The monoisotopic (exact) mass is 285 g/mol. The van der Waals surface area contributed by atoms with Gasteiger partial charge in [-0.2, -0.15) is 15.0 Å². The highest BCUT2D eigenvalue weighted by molar-refractivity contribution is 6.28. The second kappa shape index (κ2) is 5.46. The zero-order valence-electron chi connectivity index (χ0n) is 11.6. The van der Waals surface area contributed by atoms with Gasteiger partial charge in [-0.1, -0.05) is 0 Å². The Labute approximate surface area is 118 Å². The normalized spacial score (nSPS) is 24.2. The summed E-state index contributed by atoms with van der Waals surface area (Å²) in [7, 11) is 3.73. The molecule has 1 aliphatic heterocycles. The molecule has 0 saturated carbocycles. The van der Waals surface area contributed by atoms with E-state index >= 15 is 0 Å². The number of aliphatic hydroxyl groups is 1. The van der Waals surface area contributed by atoms with Gasteiger partial charge in [0.2, 0.25) is 17.2 Å². The van der Waals surface area contributed by atoms with Crippen LogP contribution in [0, 0.1) is 0 Å². The average Bonchev–Trinajstić information content (AvgIpc) is 2.49. The SMILES string of the molecule is CN(C)c1nc(Cl)nc(N2CCCC(C)(O)CC2)n1. The number of anilines is 2. The lowest BCUT2D eigenvalue weighted by atomic mass is 9.98. The topological polar surface area (TPSA) is 65.4 Å². The van der Waals surface area contributed by atoms with E-state index in [1.54, 1.807) is 4.90 Å². The molecule has 2 rings (SSSR count). The molecule has 0 spiro atoms. The number of hydrogen-bond donors (Lipinski definition) is 1. The van der Waals surface area contributed by atoms with Crippen molar-refractivity contribution in [3.05, 3.63) is 5.28 Å². The molecule has 1 aliphatic rings. The van der Waals surface area contributed by atoms with Gasteiger partial charge in [-0.25, -0.2) is 0 Å². The van der Waals surface area contributed by atoms with Crippen molar-refractivity contribution in [2.45, 2.75) is 31.8 Å². The third-order valence-corrected chi connectivity index (χ3v) is 3.50. The van der Waals surface area contributed by atoms with Crippen molar-refractivity contribution in [2.75, 3.05) is 37.0 Å². The number of rotatable bonds is 2. The van der Waals surface area contributed by atoms with E-state index in [-0.39, 0.29) is 5.28 Å². The molecule has 1 fully saturated rings. The van der Waals surface area contributed by atoms with Crippen LogP contribution >= 0.6 is 11.6 Å². The van der Waals surface area contributed by atoms with Gasteiger partial charge < -0.3 is 14.9 Å². The Morgan fingerprint density at radius 2 is 1.95 bits per heavy atom. The molecule has 2 heterocycles. The van der Waals surface area contributed by atoms with E-state index in [1.165, 1.54) is 0 Å². The minimum absolute atomic E-state index is 0.199. The molecule has 1 aromatic rings. The van der Waals surface area contributed by atoms with Crippen molar-refractivity contribution in [1.29, 1.82) is 0 Å². The maximum atomic E-state index is 10.1. The van der Waals surface area contributed by atoms with Gasteiger partial charge in [0.25, 0.3) is 0 Å². The van der Waals surface area contributed by atoms with Crippen LogP contribution in [0.15, 0.2) is 0 Å². The molecule has 0 amide bonds. The summed E-state index contributed by atoms with van der Waals surface area (Å²) in [5.74, 6) is 1.13. The molecule has 0 radical (unpaired) electrons. The first-order chi connectivity index (χ1) is 8.87. The molecule has 0 aromatic carbocycles. The Kier molecular flexibility index (Phi) is 4.10. The van der Waals surface area contributed by atoms with E-state index in [4.69, 9.17) is 11.6 Å². The number of hydrogen-bond acceptors (Lipinski definition) is 6. The van der Waals surface area contributed by atoms with E-state index in [0.29, 0.717) is 18.3 Å². The van der Waals surface area contributed by atoms with Gasteiger partial charge in [0.05, 0.1) is 5.60 Å². The highest BCUT2D eigenvalue weighted by Gasteiger charge is 2.26. The zero-order valence-corrected chi connectivity index (χ0v) is 12.4. The summed E-state index contributed by atoms with van der Waals surface area (Å²) in [5, 5.41) is 10.3. The predicted octanol–water partition coefficient (Wildman–Crippen LogP) is 1.33. The molecular formula is C12H20ClN5O. The van der Waals surface area contributed by atoms with Crippen molar-refractivity contribution < 1.29 is 5.11 Å². The van der Waals surface area contributed by atoms with Crippen LogP contribution in [0.2, 0.25) is 5.28 Å². The molecule has 1 N–H and O–H groups in total. The summed E-state index contributed by atoms with van der Waals surface area (Å²) >= 11 is 5.95. The third kappa shape index (κ3) is 3.67. The largest absolute Gasteiger partial charge is 0.390 e. The minimum atomic E-state index is -0.601. The summed E-state index contributed by atoms with van der Waals surface area (Å²) in [6, 6.07) is 0. The summed E-state index contributed by atoms with van der Waals surface area (Å²) < 4.78 is 0. The summed E-state index contributed by atoms with van der Waals surface area (Å²) in [4.78, 5) is 16.5. The molecular weight excluding hydrogens is 266 g/mol. The lowest BCUT2D eigenvalue weighted by molar-refractivity contribution is 0.0481. The first kappa shape index (κ1) is 14.3. The second-order valence-corrected chi connectivity index (χ2v) is 5.77. The highest BCUT2D eigenvalue weighted by Crippen LogP contribution is 2.24. The van der Waals surface area contributed by atoms with Gasteiger partial charge >= 0.3 is 0 Å². The van der Waals surface area contributed by atoms with E-state index in [0.717, 1.165) is 25.9 Å². The van der Waals surface area contributed by atoms with Crippen LogP contribution in [-0.4, -0.2) is 52.8 Å². The fraction of sp³-hybridized carbons (Fsp3) is 0.750. The molecule has 1 saturated heterocycles. The van der Waals surface area contributed by atoms with E-state index in [2.05, 4.69) is 19.9 Å². The average molecular weight is 286 g/mol. The molecule has 1 unspecified atom stereocenters. The van der Waals surface area contributed by atoms with Gasteiger partial charge in [-0.3, -0.25) is 0 Å².